The summed E-state index contributed by atoms with van der Waals surface area (Å²) in [6.45, 7) is 11.7. The molecule has 1 aromatic carbocycles. The maximum absolute atomic E-state index is 6.43. The lowest BCUT2D eigenvalue weighted by Gasteiger charge is -2.58. The molecule has 4 nitrogen and oxygen atoms in total. The summed E-state index contributed by atoms with van der Waals surface area (Å²) >= 11 is 0. The number of rotatable bonds is 2. The predicted molar refractivity (Wildman–Crippen MR) is 140 cm³/mol. The van der Waals surface area contributed by atoms with Crippen molar-refractivity contribution < 1.29 is 4.74 Å². The van der Waals surface area contributed by atoms with Crippen molar-refractivity contribution in [2.45, 2.75) is 91.3 Å². The molecule has 0 radical (unpaired) electrons. The second kappa shape index (κ2) is 7.46. The number of hydrogen-bond acceptors (Lipinski definition) is 3. The predicted octanol–water partition coefficient (Wildman–Crippen LogP) is 7.28. The van der Waals surface area contributed by atoms with E-state index in [0.29, 0.717) is 17.3 Å². The third-order valence-corrected chi connectivity index (χ3v) is 10.1. The number of nitrogens with one attached hydrogen (secondary N) is 1. The van der Waals surface area contributed by atoms with Crippen LogP contribution < -0.4 is 5.73 Å². The molecule has 6 atom stereocenters. The van der Waals surface area contributed by atoms with E-state index in [1.807, 2.05) is 0 Å². The zero-order valence-corrected chi connectivity index (χ0v) is 21.6. The molecule has 1 heterocycles. The first-order chi connectivity index (χ1) is 16.1. The van der Waals surface area contributed by atoms with Crippen LogP contribution in [0.3, 0.4) is 0 Å². The number of benzene rings is 1. The van der Waals surface area contributed by atoms with E-state index >= 15 is 0 Å². The number of hydrogen-bond donors (Lipinski definition) is 2. The number of fused-ring (bicyclic) bond motifs is 6. The van der Waals surface area contributed by atoms with Crippen molar-refractivity contribution >= 4 is 22.3 Å². The van der Waals surface area contributed by atoms with Crippen LogP contribution in [0.5, 0.6) is 0 Å². The molecule has 2 saturated carbocycles. The first-order valence-electron chi connectivity index (χ1n) is 13.4. The molecule has 0 aliphatic heterocycles. The average molecular weight is 460 g/mol. The molecule has 4 aliphatic rings. The van der Waals surface area contributed by atoms with Crippen LogP contribution in [-0.4, -0.2) is 21.9 Å². The Hall–Kier alpha value is -2.07. The third kappa shape index (κ3) is 3.31. The molecule has 34 heavy (non-hydrogen) atoms. The molecule has 0 amide bonds. The zero-order chi connectivity index (χ0) is 23.9. The molecule has 4 heteroatoms. The molecule has 0 spiro atoms. The van der Waals surface area contributed by atoms with Gasteiger partial charge in [-0.1, -0.05) is 37.6 Å². The van der Waals surface area contributed by atoms with Gasteiger partial charge in [0.1, 0.15) is 0 Å². The minimum atomic E-state index is -0.0559. The van der Waals surface area contributed by atoms with Gasteiger partial charge in [0.25, 0.3) is 0 Å². The summed E-state index contributed by atoms with van der Waals surface area (Å²) in [7, 11) is 0. The SMILES string of the molecule is CC(C)(C)O[C@@H]1CC[C@@]2(C)C(=CC[C@@H]3[C@@H]2CC[C@]2(C)C(c4ccc5c(N)n[nH]c5c4)=CC[C@@H]32)C1. The first kappa shape index (κ1) is 22.4. The van der Waals surface area contributed by atoms with Gasteiger partial charge < -0.3 is 10.5 Å². The minimum Gasteiger partial charge on any atom is -0.382 e. The van der Waals surface area contributed by atoms with Gasteiger partial charge in [-0.3, -0.25) is 5.10 Å². The van der Waals surface area contributed by atoms with Gasteiger partial charge >= 0.3 is 0 Å². The van der Waals surface area contributed by atoms with Gasteiger partial charge in [-0.05, 0) is 118 Å². The van der Waals surface area contributed by atoms with Crippen LogP contribution in [0.25, 0.3) is 16.5 Å². The Morgan fingerprint density at radius 1 is 1.03 bits per heavy atom. The van der Waals surface area contributed by atoms with Gasteiger partial charge in [-0.25, -0.2) is 0 Å². The van der Waals surface area contributed by atoms with Crippen molar-refractivity contribution in [3.05, 3.63) is 41.5 Å². The van der Waals surface area contributed by atoms with Crippen LogP contribution in [-0.2, 0) is 4.74 Å². The molecule has 1 aromatic heterocycles. The summed E-state index contributed by atoms with van der Waals surface area (Å²) in [5.41, 5.74) is 12.2. The molecule has 182 valence electrons. The molecular weight excluding hydrogens is 418 g/mol. The van der Waals surface area contributed by atoms with Crippen LogP contribution in [0.4, 0.5) is 5.82 Å². The normalized spacial score (nSPS) is 37.6. The molecule has 0 bridgehead atoms. The maximum Gasteiger partial charge on any atom is 0.153 e. The number of nitrogens with zero attached hydrogens (tertiary/aromatic N) is 1. The second-order valence-electron chi connectivity index (χ2n) is 13.0. The number of H-pyrrole nitrogens is 1. The fourth-order valence-electron chi connectivity index (χ4n) is 8.45. The Morgan fingerprint density at radius 2 is 1.82 bits per heavy atom. The van der Waals surface area contributed by atoms with E-state index in [2.05, 4.69) is 75.2 Å². The first-order valence-corrected chi connectivity index (χ1v) is 13.4. The maximum atomic E-state index is 6.43. The Balaban J connectivity index is 1.26. The van der Waals surface area contributed by atoms with E-state index in [4.69, 9.17) is 10.5 Å². The smallest absolute Gasteiger partial charge is 0.153 e. The number of allylic oxidation sites excluding steroid dienone is 3. The molecule has 0 unspecified atom stereocenters. The van der Waals surface area contributed by atoms with E-state index in [1.165, 1.54) is 44.1 Å². The highest BCUT2D eigenvalue weighted by molar-refractivity contribution is 5.91. The van der Waals surface area contributed by atoms with E-state index in [9.17, 15) is 0 Å². The molecule has 6 rings (SSSR count). The topological polar surface area (TPSA) is 63.9 Å². The van der Waals surface area contributed by atoms with Crippen LogP contribution in [0.2, 0.25) is 0 Å². The molecule has 4 aliphatic carbocycles. The number of anilines is 1. The fourth-order valence-corrected chi connectivity index (χ4v) is 8.45. The molecular formula is C30H41N3O. The molecule has 3 N–H and O–H groups in total. The second-order valence-corrected chi connectivity index (χ2v) is 13.0. The number of nitrogens with two attached hydrogens (primary N) is 1. The van der Waals surface area contributed by atoms with Crippen molar-refractivity contribution in [1.82, 2.24) is 10.2 Å². The lowest BCUT2D eigenvalue weighted by Crippen LogP contribution is -2.50. The van der Waals surface area contributed by atoms with Crippen LogP contribution in [0, 0.1) is 28.6 Å². The highest BCUT2D eigenvalue weighted by Crippen LogP contribution is 2.66. The number of aromatic amines is 1. The fraction of sp³-hybridized carbons (Fsp3) is 0.633. The summed E-state index contributed by atoms with van der Waals surface area (Å²) in [6.07, 6.45) is 14.3. The van der Waals surface area contributed by atoms with Gasteiger partial charge in [0.2, 0.25) is 0 Å². The summed E-state index contributed by atoms with van der Waals surface area (Å²) in [5.74, 6) is 2.92. The Kier molecular flexibility index (Phi) is 4.92. The summed E-state index contributed by atoms with van der Waals surface area (Å²) < 4.78 is 6.43. The zero-order valence-electron chi connectivity index (χ0n) is 21.6. The van der Waals surface area contributed by atoms with Crippen molar-refractivity contribution in [2.24, 2.45) is 28.6 Å². The monoisotopic (exact) mass is 459 g/mol. The minimum absolute atomic E-state index is 0.0559. The highest BCUT2D eigenvalue weighted by Gasteiger charge is 2.57. The lowest BCUT2D eigenvalue weighted by atomic mass is 9.47. The van der Waals surface area contributed by atoms with Gasteiger partial charge in [0, 0.05) is 5.39 Å². The van der Waals surface area contributed by atoms with Crippen molar-refractivity contribution in [1.29, 1.82) is 0 Å². The summed E-state index contributed by atoms with van der Waals surface area (Å²) in [5, 5.41) is 8.34. The lowest BCUT2D eigenvalue weighted by molar-refractivity contribution is -0.0894. The Labute approximate surface area is 204 Å². The average Bonchev–Trinajstić information content (AvgIpc) is 3.32. The quantitative estimate of drug-likeness (QED) is 0.464. The Bertz CT molecular complexity index is 1180. The van der Waals surface area contributed by atoms with E-state index in [1.54, 1.807) is 11.1 Å². The summed E-state index contributed by atoms with van der Waals surface area (Å²) in [4.78, 5) is 0. The van der Waals surface area contributed by atoms with Crippen molar-refractivity contribution in [3.8, 4) is 0 Å². The molecule has 2 fully saturated rings. The van der Waals surface area contributed by atoms with E-state index in [0.717, 1.165) is 35.1 Å². The Morgan fingerprint density at radius 3 is 2.62 bits per heavy atom. The standard InChI is InChI=1S/C30H41N3O/c1-28(2,3)34-20-12-14-29(4)19(17-20)7-9-21-24-11-10-23(30(24,5)15-13-25(21)29)18-6-8-22-26(16-18)32-33-27(22)31/h6-8,10,16,20-21,24-25H,9,11-15,17H2,1-5H3,(H3,31,32,33)/t20-,21+,24+,25+,29+,30-/m1/s1. The van der Waals surface area contributed by atoms with Crippen molar-refractivity contribution in [2.75, 3.05) is 5.73 Å². The largest absolute Gasteiger partial charge is 0.382 e. The van der Waals surface area contributed by atoms with Gasteiger partial charge in [-0.15, -0.1) is 0 Å². The number of aromatic nitrogens is 2. The van der Waals surface area contributed by atoms with Crippen molar-refractivity contribution in [3.63, 3.8) is 0 Å². The van der Waals surface area contributed by atoms with E-state index < -0.39 is 0 Å². The highest BCUT2D eigenvalue weighted by atomic mass is 16.5. The van der Waals surface area contributed by atoms with E-state index in [-0.39, 0.29) is 11.0 Å². The number of ether oxygens (including phenoxy) is 1. The molecule has 0 saturated heterocycles. The molecule has 2 aromatic rings. The summed E-state index contributed by atoms with van der Waals surface area (Å²) in [6, 6.07) is 6.67. The van der Waals surface area contributed by atoms with Gasteiger partial charge in [-0.2, -0.15) is 5.10 Å². The number of nitrogen functional groups attached to an aromatic ring is 1. The van der Waals surface area contributed by atoms with Crippen LogP contribution >= 0.6 is 0 Å². The third-order valence-electron chi connectivity index (χ3n) is 10.1. The van der Waals surface area contributed by atoms with Crippen LogP contribution in [0.1, 0.15) is 85.1 Å². The van der Waals surface area contributed by atoms with Gasteiger partial charge in [0.05, 0.1) is 17.2 Å². The van der Waals surface area contributed by atoms with Gasteiger partial charge in [0.15, 0.2) is 5.82 Å². The van der Waals surface area contributed by atoms with Crippen LogP contribution in [0.15, 0.2) is 35.9 Å².